The van der Waals surface area contributed by atoms with Crippen molar-refractivity contribution in [2.45, 2.75) is 31.6 Å². The van der Waals surface area contributed by atoms with Crippen LogP contribution in [0.1, 0.15) is 26.7 Å². The number of rotatable bonds is 9. The summed E-state index contributed by atoms with van der Waals surface area (Å²) in [7, 11) is -3.82. The molecule has 0 spiro atoms. The van der Waals surface area contributed by atoms with Gasteiger partial charge in [0, 0.05) is 25.6 Å². The second kappa shape index (κ2) is 10.3. The second-order valence-corrected chi connectivity index (χ2v) is 8.43. The monoisotopic (exact) mass is 414 g/mol. The Morgan fingerprint density at radius 2 is 1.89 bits per heavy atom. The molecule has 0 bridgehead atoms. The van der Waals surface area contributed by atoms with Crippen molar-refractivity contribution in [2.24, 2.45) is 5.92 Å². The number of benzene rings is 1. The number of nitrogens with one attached hydrogen (secondary N) is 2. The van der Waals surface area contributed by atoms with Gasteiger partial charge in [0.15, 0.2) is 18.1 Å². The van der Waals surface area contributed by atoms with Crippen molar-refractivity contribution < 1.29 is 32.2 Å². The number of carbonyl (C=O) groups is 2. The Hall–Kier alpha value is -2.33. The van der Waals surface area contributed by atoms with E-state index in [0.29, 0.717) is 43.6 Å². The maximum absolute atomic E-state index is 12.4. The Bertz CT molecular complexity index is 793. The molecule has 0 unspecified atom stereocenters. The van der Waals surface area contributed by atoms with Crippen LogP contribution in [-0.2, 0) is 24.3 Å². The first-order chi connectivity index (χ1) is 13.3. The van der Waals surface area contributed by atoms with Crippen molar-refractivity contribution in [3.8, 4) is 11.5 Å². The first-order valence-electron chi connectivity index (χ1n) is 9.09. The van der Waals surface area contributed by atoms with Crippen LogP contribution >= 0.6 is 0 Å². The molecule has 1 amide bonds. The zero-order valence-corrected chi connectivity index (χ0v) is 16.8. The normalized spacial score (nSPS) is 13.7. The number of hydrogen-bond acceptors (Lipinski definition) is 7. The van der Waals surface area contributed by atoms with Gasteiger partial charge in [0.25, 0.3) is 5.91 Å². The van der Waals surface area contributed by atoms with Crippen LogP contribution in [0.5, 0.6) is 11.5 Å². The Balaban J connectivity index is 1.79. The highest BCUT2D eigenvalue weighted by Crippen LogP contribution is 2.31. The van der Waals surface area contributed by atoms with E-state index in [2.05, 4.69) is 10.0 Å². The molecule has 0 saturated carbocycles. The molecule has 156 valence electrons. The molecule has 1 aromatic carbocycles. The molecule has 0 atom stereocenters. The van der Waals surface area contributed by atoms with E-state index in [1.807, 2.05) is 13.8 Å². The molecule has 1 aromatic rings. The van der Waals surface area contributed by atoms with E-state index in [9.17, 15) is 18.0 Å². The molecule has 1 heterocycles. The zero-order valence-electron chi connectivity index (χ0n) is 16.0. The first kappa shape index (κ1) is 22.0. The van der Waals surface area contributed by atoms with Crippen molar-refractivity contribution in [1.29, 1.82) is 0 Å². The third-order valence-corrected chi connectivity index (χ3v) is 5.18. The van der Waals surface area contributed by atoms with Crippen molar-refractivity contribution in [3.05, 3.63) is 18.2 Å². The third kappa shape index (κ3) is 7.01. The Labute approximate surface area is 164 Å². The predicted molar refractivity (Wildman–Crippen MR) is 101 cm³/mol. The lowest BCUT2D eigenvalue weighted by Gasteiger charge is -2.11. The van der Waals surface area contributed by atoms with Crippen LogP contribution in [0.15, 0.2) is 23.1 Å². The predicted octanol–water partition coefficient (Wildman–Crippen LogP) is 0.832. The summed E-state index contributed by atoms with van der Waals surface area (Å²) in [6.45, 7) is 4.80. The smallest absolute Gasteiger partial charge is 0.307 e. The zero-order chi connectivity index (χ0) is 20.6. The van der Waals surface area contributed by atoms with Gasteiger partial charge in [0.05, 0.1) is 24.5 Å². The van der Waals surface area contributed by atoms with E-state index in [1.54, 1.807) is 6.07 Å². The number of hydrogen-bond donors (Lipinski definition) is 2. The van der Waals surface area contributed by atoms with Crippen LogP contribution < -0.4 is 19.5 Å². The molecule has 0 fully saturated rings. The lowest BCUT2D eigenvalue weighted by Crippen LogP contribution is -2.32. The van der Waals surface area contributed by atoms with Gasteiger partial charge in [-0.05, 0) is 18.1 Å². The van der Waals surface area contributed by atoms with Crippen LogP contribution in [0.2, 0.25) is 0 Å². The molecule has 28 heavy (non-hydrogen) atoms. The molecular formula is C18H26N2O7S. The van der Waals surface area contributed by atoms with E-state index >= 15 is 0 Å². The van der Waals surface area contributed by atoms with Crippen LogP contribution in [-0.4, -0.2) is 53.2 Å². The maximum Gasteiger partial charge on any atom is 0.307 e. The Kier molecular flexibility index (Phi) is 8.06. The van der Waals surface area contributed by atoms with Gasteiger partial charge >= 0.3 is 5.97 Å². The van der Waals surface area contributed by atoms with Crippen molar-refractivity contribution in [3.63, 3.8) is 0 Å². The summed E-state index contributed by atoms with van der Waals surface area (Å²) in [5.41, 5.74) is 0. The number of carbonyl (C=O) groups excluding carboxylic acids is 2. The number of amides is 1. The number of esters is 1. The average Bonchev–Trinajstić information content (AvgIpc) is 2.89. The summed E-state index contributed by atoms with van der Waals surface area (Å²) < 4.78 is 42.9. The number of fused-ring (bicyclic) bond motifs is 1. The van der Waals surface area contributed by atoms with Crippen molar-refractivity contribution in [2.75, 3.05) is 32.9 Å². The Morgan fingerprint density at radius 1 is 1.18 bits per heavy atom. The minimum atomic E-state index is -3.82. The van der Waals surface area contributed by atoms with E-state index in [0.717, 1.165) is 0 Å². The van der Waals surface area contributed by atoms with E-state index < -0.39 is 21.9 Å². The molecule has 0 radical (unpaired) electrons. The summed E-state index contributed by atoms with van der Waals surface area (Å²) in [5, 5.41) is 2.62. The second-order valence-electron chi connectivity index (χ2n) is 6.67. The molecular weight excluding hydrogens is 388 g/mol. The van der Waals surface area contributed by atoms with Crippen LogP contribution in [0.3, 0.4) is 0 Å². The highest BCUT2D eigenvalue weighted by Gasteiger charge is 2.19. The Morgan fingerprint density at radius 3 is 2.61 bits per heavy atom. The minimum absolute atomic E-state index is 0.0122. The van der Waals surface area contributed by atoms with Crippen LogP contribution in [0, 0.1) is 5.92 Å². The van der Waals surface area contributed by atoms with Gasteiger partial charge in [-0.25, -0.2) is 13.1 Å². The molecule has 1 aliphatic rings. The standard InChI is InChI=1S/C18H26N2O7S/c1-13(2)11-19-17(21)12-27-18(22)6-7-20-28(23,24)14-4-5-15-16(10-14)26-9-3-8-25-15/h4-5,10,13,20H,3,6-9,11-12H2,1-2H3,(H,19,21). The average molecular weight is 414 g/mol. The van der Waals surface area contributed by atoms with Gasteiger partial charge in [-0.15, -0.1) is 0 Å². The third-order valence-electron chi connectivity index (χ3n) is 3.72. The molecule has 0 aromatic heterocycles. The van der Waals surface area contributed by atoms with E-state index in [4.69, 9.17) is 14.2 Å². The fraction of sp³-hybridized carbons (Fsp3) is 0.556. The fourth-order valence-corrected chi connectivity index (χ4v) is 3.32. The van der Waals surface area contributed by atoms with E-state index in [-0.39, 0.29) is 24.5 Å². The summed E-state index contributed by atoms with van der Waals surface area (Å²) in [5.74, 6) is 0.0952. The molecule has 2 rings (SSSR count). The molecule has 1 aliphatic heterocycles. The highest BCUT2D eigenvalue weighted by atomic mass is 32.2. The topological polar surface area (TPSA) is 120 Å². The highest BCUT2D eigenvalue weighted by molar-refractivity contribution is 7.89. The maximum atomic E-state index is 12.4. The van der Waals surface area contributed by atoms with Gasteiger partial charge in [-0.3, -0.25) is 9.59 Å². The summed E-state index contributed by atoms with van der Waals surface area (Å²) >= 11 is 0. The first-order valence-corrected chi connectivity index (χ1v) is 10.6. The lowest BCUT2D eigenvalue weighted by atomic mass is 10.2. The summed E-state index contributed by atoms with van der Waals surface area (Å²) in [6, 6.07) is 4.34. The molecule has 0 aliphatic carbocycles. The van der Waals surface area contributed by atoms with E-state index in [1.165, 1.54) is 12.1 Å². The SMILES string of the molecule is CC(C)CNC(=O)COC(=O)CCNS(=O)(=O)c1ccc2c(c1)OCCCO2. The summed E-state index contributed by atoms with van der Waals surface area (Å²) in [4.78, 5) is 23.2. The quantitative estimate of drug-likeness (QED) is 0.574. The minimum Gasteiger partial charge on any atom is -0.490 e. The molecule has 9 nitrogen and oxygen atoms in total. The van der Waals surface area contributed by atoms with Gasteiger partial charge in [-0.2, -0.15) is 0 Å². The van der Waals surface area contributed by atoms with Crippen LogP contribution in [0.4, 0.5) is 0 Å². The molecule has 0 saturated heterocycles. The van der Waals surface area contributed by atoms with Crippen molar-refractivity contribution >= 4 is 21.9 Å². The van der Waals surface area contributed by atoms with Gasteiger partial charge in [0.1, 0.15) is 0 Å². The molecule has 10 heteroatoms. The van der Waals surface area contributed by atoms with Crippen molar-refractivity contribution in [1.82, 2.24) is 10.0 Å². The van der Waals surface area contributed by atoms with Gasteiger partial charge < -0.3 is 19.5 Å². The largest absolute Gasteiger partial charge is 0.490 e. The summed E-state index contributed by atoms with van der Waals surface area (Å²) in [6.07, 6.45) is 0.522. The number of sulfonamides is 1. The molecule has 2 N–H and O–H groups in total. The van der Waals surface area contributed by atoms with Gasteiger partial charge in [0.2, 0.25) is 10.0 Å². The lowest BCUT2D eigenvalue weighted by molar-refractivity contribution is -0.148. The fourth-order valence-electron chi connectivity index (χ4n) is 2.27. The number of ether oxygens (including phenoxy) is 3. The van der Waals surface area contributed by atoms with Gasteiger partial charge in [-0.1, -0.05) is 13.8 Å². The van der Waals surface area contributed by atoms with Crippen LogP contribution in [0.25, 0.3) is 0 Å².